The van der Waals surface area contributed by atoms with Crippen LogP contribution in [-0.4, -0.2) is 16.4 Å². The first kappa shape index (κ1) is 14.5. The fourth-order valence-electron chi connectivity index (χ4n) is 0.784. The molecule has 3 N–H and O–H groups in total. The Kier molecular flexibility index (Phi) is 7.46. The SMILES string of the molecule is Cc1cccc(Br)c1.NC(S)CC(=O)O. The molecule has 0 heterocycles. The summed E-state index contributed by atoms with van der Waals surface area (Å²) in [4.78, 5) is 9.68. The molecule has 1 aromatic carbocycles. The minimum Gasteiger partial charge on any atom is -0.481 e. The van der Waals surface area contributed by atoms with Crippen LogP contribution < -0.4 is 5.73 Å². The van der Waals surface area contributed by atoms with Gasteiger partial charge in [0.15, 0.2) is 0 Å². The standard InChI is InChI=1S/C7H7Br.C3H7NO2S/c1-6-3-2-4-7(8)5-6;4-2(7)1-3(5)6/h2-5H,1H3;2,7H,1,4H2,(H,5,6). The predicted octanol–water partition coefficient (Wildman–Crippen LogP) is 2.43. The highest BCUT2D eigenvalue weighted by Crippen LogP contribution is 2.09. The van der Waals surface area contributed by atoms with E-state index in [0.717, 1.165) is 4.47 Å². The second-order valence-corrected chi connectivity index (χ2v) is 4.54. The number of carboxylic acid groups (broad SMARTS) is 1. The molecule has 0 aromatic heterocycles. The van der Waals surface area contributed by atoms with Crippen molar-refractivity contribution in [2.24, 2.45) is 5.73 Å². The molecule has 0 fully saturated rings. The van der Waals surface area contributed by atoms with Gasteiger partial charge >= 0.3 is 5.97 Å². The molecule has 3 nitrogen and oxygen atoms in total. The molecule has 0 saturated heterocycles. The molecule has 1 rings (SSSR count). The van der Waals surface area contributed by atoms with Crippen LogP contribution >= 0.6 is 28.6 Å². The van der Waals surface area contributed by atoms with Crippen molar-refractivity contribution in [1.29, 1.82) is 0 Å². The molecule has 5 heteroatoms. The smallest absolute Gasteiger partial charge is 0.305 e. The summed E-state index contributed by atoms with van der Waals surface area (Å²) in [6, 6.07) is 8.21. The zero-order chi connectivity index (χ0) is 11.8. The van der Waals surface area contributed by atoms with E-state index in [2.05, 4.69) is 47.6 Å². The van der Waals surface area contributed by atoms with E-state index in [1.807, 2.05) is 12.1 Å². The number of nitrogens with two attached hydrogens (primary N) is 1. The molecule has 15 heavy (non-hydrogen) atoms. The van der Waals surface area contributed by atoms with Crippen LogP contribution in [-0.2, 0) is 4.79 Å². The third-order valence-corrected chi connectivity index (χ3v) is 2.04. The Morgan fingerprint density at radius 3 is 2.47 bits per heavy atom. The van der Waals surface area contributed by atoms with Crippen LogP contribution in [0.5, 0.6) is 0 Å². The number of aliphatic carboxylic acids is 1. The van der Waals surface area contributed by atoms with Gasteiger partial charge in [0.2, 0.25) is 0 Å². The van der Waals surface area contributed by atoms with Crippen molar-refractivity contribution in [2.45, 2.75) is 18.7 Å². The van der Waals surface area contributed by atoms with Crippen LogP contribution in [0.2, 0.25) is 0 Å². The van der Waals surface area contributed by atoms with Crippen molar-refractivity contribution in [1.82, 2.24) is 0 Å². The molecule has 0 bridgehead atoms. The molecule has 84 valence electrons. The Morgan fingerprint density at radius 2 is 2.27 bits per heavy atom. The molecule has 0 spiro atoms. The highest BCUT2D eigenvalue weighted by Gasteiger charge is 1.99. The monoisotopic (exact) mass is 291 g/mol. The number of thiol groups is 1. The molecule has 0 amide bonds. The summed E-state index contributed by atoms with van der Waals surface area (Å²) in [7, 11) is 0. The summed E-state index contributed by atoms with van der Waals surface area (Å²) >= 11 is 7.00. The lowest BCUT2D eigenvalue weighted by Gasteiger charge is -1.94. The van der Waals surface area contributed by atoms with Crippen LogP contribution in [0.15, 0.2) is 28.7 Å². The summed E-state index contributed by atoms with van der Waals surface area (Å²) < 4.78 is 1.15. The highest BCUT2D eigenvalue weighted by molar-refractivity contribution is 9.10. The number of halogens is 1. The van der Waals surface area contributed by atoms with Gasteiger partial charge < -0.3 is 10.8 Å². The Morgan fingerprint density at radius 1 is 1.67 bits per heavy atom. The van der Waals surface area contributed by atoms with Crippen molar-refractivity contribution >= 4 is 34.5 Å². The van der Waals surface area contributed by atoms with E-state index < -0.39 is 11.3 Å². The minimum atomic E-state index is -0.914. The van der Waals surface area contributed by atoms with E-state index in [0.29, 0.717) is 0 Å². The molecule has 0 aliphatic rings. The van der Waals surface area contributed by atoms with E-state index >= 15 is 0 Å². The fourth-order valence-corrected chi connectivity index (χ4v) is 1.45. The molecule has 0 radical (unpaired) electrons. The van der Waals surface area contributed by atoms with Crippen molar-refractivity contribution in [2.75, 3.05) is 0 Å². The first-order chi connectivity index (χ1) is 6.91. The summed E-state index contributed by atoms with van der Waals surface area (Å²) in [5, 5.41) is 7.42. The summed E-state index contributed by atoms with van der Waals surface area (Å²) in [6.45, 7) is 2.07. The van der Waals surface area contributed by atoms with E-state index in [9.17, 15) is 4.79 Å². The van der Waals surface area contributed by atoms with Crippen molar-refractivity contribution < 1.29 is 9.90 Å². The maximum atomic E-state index is 9.68. The lowest BCUT2D eigenvalue weighted by molar-refractivity contribution is -0.136. The van der Waals surface area contributed by atoms with Crippen LogP contribution in [0.3, 0.4) is 0 Å². The maximum Gasteiger partial charge on any atom is 0.305 e. The number of hydrogen-bond donors (Lipinski definition) is 3. The second-order valence-electron chi connectivity index (χ2n) is 2.96. The average molecular weight is 292 g/mol. The van der Waals surface area contributed by atoms with E-state index in [1.54, 1.807) is 0 Å². The topological polar surface area (TPSA) is 63.3 Å². The van der Waals surface area contributed by atoms with Crippen LogP contribution in [0.25, 0.3) is 0 Å². The molecule has 1 aromatic rings. The number of carboxylic acids is 1. The van der Waals surface area contributed by atoms with Gasteiger partial charge in [-0.15, -0.1) is 0 Å². The quantitative estimate of drug-likeness (QED) is 0.579. The van der Waals surface area contributed by atoms with Crippen LogP contribution in [0, 0.1) is 6.92 Å². The lowest BCUT2D eigenvalue weighted by Crippen LogP contribution is -2.16. The third kappa shape index (κ3) is 9.78. The van der Waals surface area contributed by atoms with Crippen molar-refractivity contribution in [3.05, 3.63) is 34.3 Å². The normalized spacial score (nSPS) is 11.2. The number of hydrogen-bond acceptors (Lipinski definition) is 3. The van der Waals surface area contributed by atoms with Gasteiger partial charge in [0.05, 0.1) is 11.8 Å². The molecule has 0 aliphatic heterocycles. The molecular weight excluding hydrogens is 278 g/mol. The van der Waals surface area contributed by atoms with Gasteiger partial charge in [0.25, 0.3) is 0 Å². The van der Waals surface area contributed by atoms with E-state index in [1.165, 1.54) is 5.56 Å². The Labute approximate surface area is 103 Å². The van der Waals surface area contributed by atoms with Gasteiger partial charge in [0, 0.05) is 4.47 Å². The van der Waals surface area contributed by atoms with E-state index in [4.69, 9.17) is 10.8 Å². The number of benzene rings is 1. The number of aryl methyl sites for hydroxylation is 1. The minimum absolute atomic E-state index is 0.0802. The Bertz CT molecular complexity index is 301. The van der Waals surface area contributed by atoms with Gasteiger partial charge in [-0.1, -0.05) is 33.6 Å². The molecule has 0 aliphatic carbocycles. The fraction of sp³-hybridized carbons (Fsp3) is 0.300. The van der Waals surface area contributed by atoms with Gasteiger partial charge in [0.1, 0.15) is 0 Å². The molecular formula is C10H14BrNO2S. The maximum absolute atomic E-state index is 9.68. The van der Waals surface area contributed by atoms with Crippen molar-refractivity contribution in [3.8, 4) is 0 Å². The predicted molar refractivity (Wildman–Crippen MR) is 68.1 cm³/mol. The summed E-state index contributed by atoms with van der Waals surface area (Å²) in [6.07, 6.45) is -0.0802. The van der Waals surface area contributed by atoms with Crippen molar-refractivity contribution in [3.63, 3.8) is 0 Å². The zero-order valence-electron chi connectivity index (χ0n) is 8.35. The van der Waals surface area contributed by atoms with Gasteiger partial charge in [-0.3, -0.25) is 4.79 Å². The Hall–Kier alpha value is -0.520. The van der Waals surface area contributed by atoms with Gasteiger partial charge in [-0.05, 0) is 19.1 Å². The summed E-state index contributed by atoms with van der Waals surface area (Å²) in [5.41, 5.74) is 6.27. The zero-order valence-corrected chi connectivity index (χ0v) is 10.8. The molecule has 1 unspecified atom stereocenters. The first-order valence-electron chi connectivity index (χ1n) is 4.29. The summed E-state index contributed by atoms with van der Waals surface area (Å²) in [5.74, 6) is -0.914. The van der Waals surface area contributed by atoms with Gasteiger partial charge in [-0.25, -0.2) is 0 Å². The third-order valence-electron chi connectivity index (χ3n) is 1.36. The van der Waals surface area contributed by atoms with Gasteiger partial charge in [-0.2, -0.15) is 12.6 Å². The Balaban J connectivity index is 0.000000265. The highest BCUT2D eigenvalue weighted by atomic mass is 79.9. The number of rotatable bonds is 2. The largest absolute Gasteiger partial charge is 0.481 e. The first-order valence-corrected chi connectivity index (χ1v) is 5.60. The molecule has 0 saturated carbocycles. The number of carbonyl (C=O) groups is 1. The van der Waals surface area contributed by atoms with Crippen LogP contribution in [0.4, 0.5) is 0 Å². The average Bonchev–Trinajstić information content (AvgIpc) is 2.01. The molecule has 1 atom stereocenters. The lowest BCUT2D eigenvalue weighted by atomic mass is 10.2. The van der Waals surface area contributed by atoms with E-state index in [-0.39, 0.29) is 6.42 Å². The van der Waals surface area contributed by atoms with Crippen LogP contribution in [0.1, 0.15) is 12.0 Å². The second kappa shape index (κ2) is 7.73.